The number of benzene rings is 2. The highest BCUT2D eigenvalue weighted by Crippen LogP contribution is 2.16. The summed E-state index contributed by atoms with van der Waals surface area (Å²) in [5.41, 5.74) is 0.231. The van der Waals surface area contributed by atoms with Crippen molar-refractivity contribution < 1.29 is 23.0 Å². The van der Waals surface area contributed by atoms with E-state index in [1.807, 2.05) is 0 Å². The Labute approximate surface area is 137 Å². The number of ether oxygens (including phenoxy) is 2. The Balaban J connectivity index is 1.79. The predicted octanol–water partition coefficient (Wildman–Crippen LogP) is 3.75. The van der Waals surface area contributed by atoms with Crippen molar-refractivity contribution in [2.24, 2.45) is 0 Å². The maximum atomic E-state index is 12.1. The molecule has 0 spiro atoms. The van der Waals surface area contributed by atoms with Crippen LogP contribution in [-0.2, 0) is 0 Å². The normalized spacial score (nSPS) is 10.4. The van der Waals surface area contributed by atoms with Gasteiger partial charge < -0.3 is 14.8 Å². The van der Waals surface area contributed by atoms with Crippen LogP contribution < -0.4 is 14.8 Å². The molecule has 0 saturated carbocycles. The number of halogens is 3. The summed E-state index contributed by atoms with van der Waals surface area (Å²) in [5, 5.41) is 3.24. The summed E-state index contributed by atoms with van der Waals surface area (Å²) >= 11 is 5.76. The summed E-state index contributed by atoms with van der Waals surface area (Å²) in [5.74, 6) is 0.172. The van der Waals surface area contributed by atoms with Crippen molar-refractivity contribution in [3.8, 4) is 11.5 Å². The Morgan fingerprint density at radius 1 is 1.13 bits per heavy atom. The summed E-state index contributed by atoms with van der Waals surface area (Å²) in [4.78, 5) is 11.9. The fourth-order valence-electron chi connectivity index (χ4n) is 1.78. The molecule has 0 aliphatic rings. The molecule has 2 rings (SSSR count). The quantitative estimate of drug-likeness (QED) is 0.780. The van der Waals surface area contributed by atoms with Gasteiger partial charge in [0.2, 0.25) is 0 Å². The van der Waals surface area contributed by atoms with Crippen LogP contribution >= 0.6 is 11.6 Å². The van der Waals surface area contributed by atoms with Crippen LogP contribution in [0.15, 0.2) is 48.5 Å². The van der Waals surface area contributed by atoms with Gasteiger partial charge in [0.05, 0.1) is 6.54 Å². The second kappa shape index (κ2) is 8.33. The molecule has 1 N–H and O–H groups in total. The molecule has 23 heavy (non-hydrogen) atoms. The van der Waals surface area contributed by atoms with Crippen molar-refractivity contribution in [2.75, 3.05) is 13.2 Å². The molecule has 0 fully saturated rings. The molecule has 0 atom stereocenters. The van der Waals surface area contributed by atoms with Gasteiger partial charge in [0.15, 0.2) is 0 Å². The third kappa shape index (κ3) is 5.75. The topological polar surface area (TPSA) is 47.6 Å². The molecule has 122 valence electrons. The molecule has 2 aromatic carbocycles. The molecule has 0 bridgehead atoms. The van der Waals surface area contributed by atoms with Crippen molar-refractivity contribution in [3.05, 3.63) is 59.1 Å². The van der Waals surface area contributed by atoms with Gasteiger partial charge in [0.1, 0.15) is 18.1 Å². The Hall–Kier alpha value is -2.34. The van der Waals surface area contributed by atoms with Crippen molar-refractivity contribution in [3.63, 3.8) is 0 Å². The van der Waals surface area contributed by atoms with E-state index in [1.54, 1.807) is 24.3 Å². The largest absolute Gasteiger partial charge is 0.492 e. The SMILES string of the molecule is O=C(NCCOc1ccc(Cl)cc1)c1cccc(OC(F)F)c1. The van der Waals surface area contributed by atoms with Crippen LogP contribution in [0, 0.1) is 0 Å². The fraction of sp³-hybridized carbons (Fsp3) is 0.188. The van der Waals surface area contributed by atoms with Gasteiger partial charge in [-0.05, 0) is 42.5 Å². The number of carbonyl (C=O) groups excluding carboxylic acids is 1. The van der Waals surface area contributed by atoms with Gasteiger partial charge >= 0.3 is 6.61 Å². The van der Waals surface area contributed by atoms with Crippen LogP contribution in [0.5, 0.6) is 11.5 Å². The van der Waals surface area contributed by atoms with Crippen LogP contribution in [0.3, 0.4) is 0 Å². The second-order valence-electron chi connectivity index (χ2n) is 4.46. The summed E-state index contributed by atoms with van der Waals surface area (Å²) < 4.78 is 34.0. The van der Waals surface area contributed by atoms with E-state index in [-0.39, 0.29) is 24.5 Å². The molecule has 0 heterocycles. The van der Waals surface area contributed by atoms with E-state index in [4.69, 9.17) is 16.3 Å². The second-order valence-corrected chi connectivity index (χ2v) is 4.90. The molecule has 2 aromatic rings. The maximum absolute atomic E-state index is 12.1. The average molecular weight is 342 g/mol. The fourth-order valence-corrected chi connectivity index (χ4v) is 1.91. The lowest BCUT2D eigenvalue weighted by Gasteiger charge is -2.09. The van der Waals surface area contributed by atoms with E-state index in [9.17, 15) is 13.6 Å². The molecule has 1 amide bonds. The first-order chi connectivity index (χ1) is 11.0. The van der Waals surface area contributed by atoms with Gasteiger partial charge in [-0.2, -0.15) is 8.78 Å². The lowest BCUT2D eigenvalue weighted by molar-refractivity contribution is -0.0498. The molecular weight excluding hydrogens is 328 g/mol. The van der Waals surface area contributed by atoms with E-state index in [0.717, 1.165) is 0 Å². The van der Waals surface area contributed by atoms with Crippen molar-refractivity contribution in [1.29, 1.82) is 0 Å². The Kier molecular flexibility index (Phi) is 6.17. The van der Waals surface area contributed by atoms with Gasteiger partial charge in [-0.15, -0.1) is 0 Å². The Bertz CT molecular complexity index is 650. The zero-order valence-corrected chi connectivity index (χ0v) is 12.7. The zero-order chi connectivity index (χ0) is 16.7. The van der Waals surface area contributed by atoms with E-state index in [2.05, 4.69) is 10.1 Å². The first kappa shape index (κ1) is 17.0. The Morgan fingerprint density at radius 3 is 2.57 bits per heavy atom. The molecule has 0 unspecified atom stereocenters. The number of carbonyl (C=O) groups is 1. The minimum absolute atomic E-state index is 0.0648. The number of nitrogens with one attached hydrogen (secondary N) is 1. The summed E-state index contributed by atoms with van der Waals surface area (Å²) in [7, 11) is 0. The highest BCUT2D eigenvalue weighted by Gasteiger charge is 2.09. The van der Waals surface area contributed by atoms with Crippen molar-refractivity contribution >= 4 is 17.5 Å². The highest BCUT2D eigenvalue weighted by molar-refractivity contribution is 6.30. The van der Waals surface area contributed by atoms with Crippen LogP contribution in [0.2, 0.25) is 5.02 Å². The molecular formula is C16H14ClF2NO3. The van der Waals surface area contributed by atoms with E-state index in [0.29, 0.717) is 10.8 Å². The zero-order valence-electron chi connectivity index (χ0n) is 12.0. The van der Waals surface area contributed by atoms with Gasteiger partial charge in [-0.1, -0.05) is 17.7 Å². The van der Waals surface area contributed by atoms with Crippen molar-refractivity contribution in [2.45, 2.75) is 6.61 Å². The minimum atomic E-state index is -2.93. The van der Waals surface area contributed by atoms with Crippen LogP contribution in [0.25, 0.3) is 0 Å². The molecule has 0 saturated heterocycles. The predicted molar refractivity (Wildman–Crippen MR) is 82.4 cm³/mol. The first-order valence-electron chi connectivity index (χ1n) is 6.76. The lowest BCUT2D eigenvalue weighted by atomic mass is 10.2. The molecule has 0 aromatic heterocycles. The van der Waals surface area contributed by atoms with E-state index >= 15 is 0 Å². The van der Waals surface area contributed by atoms with E-state index < -0.39 is 12.5 Å². The molecule has 0 radical (unpaired) electrons. The summed E-state index contributed by atoms with van der Waals surface area (Å²) in [6.45, 7) is -2.40. The molecule has 7 heteroatoms. The third-order valence-electron chi connectivity index (χ3n) is 2.79. The smallest absolute Gasteiger partial charge is 0.387 e. The number of amides is 1. The van der Waals surface area contributed by atoms with Crippen LogP contribution in [-0.4, -0.2) is 25.7 Å². The van der Waals surface area contributed by atoms with Crippen LogP contribution in [0.4, 0.5) is 8.78 Å². The standard InChI is InChI=1S/C16H14ClF2NO3/c17-12-4-6-13(7-5-12)22-9-8-20-15(21)11-2-1-3-14(10-11)23-16(18)19/h1-7,10,16H,8-9H2,(H,20,21). The molecule has 0 aliphatic heterocycles. The maximum Gasteiger partial charge on any atom is 0.387 e. The monoisotopic (exact) mass is 341 g/mol. The number of hydrogen-bond donors (Lipinski definition) is 1. The molecule has 4 nitrogen and oxygen atoms in total. The Morgan fingerprint density at radius 2 is 1.87 bits per heavy atom. The summed E-state index contributed by atoms with van der Waals surface area (Å²) in [6, 6.07) is 12.4. The van der Waals surface area contributed by atoms with E-state index in [1.165, 1.54) is 24.3 Å². The van der Waals surface area contributed by atoms with Gasteiger partial charge in [0.25, 0.3) is 5.91 Å². The number of rotatable bonds is 7. The number of hydrogen-bond acceptors (Lipinski definition) is 3. The van der Waals surface area contributed by atoms with Gasteiger partial charge in [0, 0.05) is 10.6 Å². The average Bonchev–Trinajstić information content (AvgIpc) is 2.52. The first-order valence-corrected chi connectivity index (χ1v) is 7.14. The van der Waals surface area contributed by atoms with Crippen molar-refractivity contribution in [1.82, 2.24) is 5.32 Å². The molecule has 0 aliphatic carbocycles. The third-order valence-corrected chi connectivity index (χ3v) is 3.04. The summed E-state index contributed by atoms with van der Waals surface area (Å²) in [6.07, 6.45) is 0. The van der Waals surface area contributed by atoms with Gasteiger partial charge in [-0.25, -0.2) is 0 Å². The van der Waals surface area contributed by atoms with Gasteiger partial charge in [-0.3, -0.25) is 4.79 Å². The van der Waals surface area contributed by atoms with Crippen LogP contribution in [0.1, 0.15) is 10.4 Å². The minimum Gasteiger partial charge on any atom is -0.492 e. The lowest BCUT2D eigenvalue weighted by Crippen LogP contribution is -2.28. The number of alkyl halides is 2. The highest BCUT2D eigenvalue weighted by atomic mass is 35.5.